The maximum atomic E-state index is 10.6. The normalized spacial score (nSPS) is 12.7. The predicted molar refractivity (Wildman–Crippen MR) is 75.3 cm³/mol. The molecule has 1 rings (SSSR count). The number of aliphatic hydroxyl groups is 1. The molecule has 1 atom stereocenters. The summed E-state index contributed by atoms with van der Waals surface area (Å²) in [4.78, 5) is 10.1. The lowest BCUT2D eigenvalue weighted by Gasteiger charge is -2.14. The standard InChI is InChI=1S/C13H19ClN2O3/c1-9(2)5-12(17)8-15-7-10-3-4-11(16(18)19)6-13(10)14/h3-4,6,9,12,15,17H,5,7-8H2,1-2H3. The molecule has 0 saturated carbocycles. The first kappa shape index (κ1) is 15.9. The van der Waals surface area contributed by atoms with Gasteiger partial charge in [0, 0.05) is 25.2 Å². The zero-order valence-corrected chi connectivity index (χ0v) is 11.9. The number of nitro groups is 1. The van der Waals surface area contributed by atoms with Gasteiger partial charge in [0.25, 0.3) is 5.69 Å². The van der Waals surface area contributed by atoms with Gasteiger partial charge in [-0.25, -0.2) is 0 Å². The van der Waals surface area contributed by atoms with Crippen LogP contribution in [0.2, 0.25) is 5.02 Å². The summed E-state index contributed by atoms with van der Waals surface area (Å²) in [6.07, 6.45) is 0.345. The number of nitrogens with one attached hydrogen (secondary N) is 1. The lowest BCUT2D eigenvalue weighted by atomic mass is 10.1. The van der Waals surface area contributed by atoms with E-state index in [1.807, 2.05) is 0 Å². The summed E-state index contributed by atoms with van der Waals surface area (Å²) in [5.41, 5.74) is 0.762. The van der Waals surface area contributed by atoms with E-state index in [-0.39, 0.29) is 5.69 Å². The summed E-state index contributed by atoms with van der Waals surface area (Å²) in [5, 5.41) is 23.7. The van der Waals surface area contributed by atoms with Crippen LogP contribution in [0, 0.1) is 16.0 Å². The molecule has 2 N–H and O–H groups in total. The molecule has 106 valence electrons. The molecule has 5 nitrogen and oxygen atoms in total. The number of nitro benzene ring substituents is 1. The van der Waals surface area contributed by atoms with Crippen molar-refractivity contribution < 1.29 is 10.0 Å². The Hall–Kier alpha value is -1.17. The first-order chi connectivity index (χ1) is 8.90. The highest BCUT2D eigenvalue weighted by Crippen LogP contribution is 2.22. The van der Waals surface area contributed by atoms with Crippen molar-refractivity contribution in [1.29, 1.82) is 0 Å². The summed E-state index contributed by atoms with van der Waals surface area (Å²) in [6.45, 7) is 5.06. The summed E-state index contributed by atoms with van der Waals surface area (Å²) in [5.74, 6) is 0.444. The van der Waals surface area contributed by atoms with Crippen molar-refractivity contribution in [3.8, 4) is 0 Å². The lowest BCUT2D eigenvalue weighted by molar-refractivity contribution is -0.384. The number of rotatable bonds is 7. The fraction of sp³-hybridized carbons (Fsp3) is 0.538. The average Bonchev–Trinajstić information content (AvgIpc) is 2.29. The van der Waals surface area contributed by atoms with Crippen LogP contribution in [0.5, 0.6) is 0 Å². The van der Waals surface area contributed by atoms with Gasteiger partial charge in [0.2, 0.25) is 0 Å². The highest BCUT2D eigenvalue weighted by atomic mass is 35.5. The molecule has 0 aliphatic carbocycles. The van der Waals surface area contributed by atoms with E-state index in [4.69, 9.17) is 11.6 Å². The third kappa shape index (κ3) is 5.55. The number of aliphatic hydroxyl groups excluding tert-OH is 1. The molecule has 0 aliphatic heterocycles. The second kappa shape index (κ2) is 7.43. The van der Waals surface area contributed by atoms with E-state index < -0.39 is 11.0 Å². The van der Waals surface area contributed by atoms with Crippen LogP contribution in [0.3, 0.4) is 0 Å². The van der Waals surface area contributed by atoms with Gasteiger partial charge in [-0.05, 0) is 24.0 Å². The minimum absolute atomic E-state index is 0.0198. The fourth-order valence-corrected chi connectivity index (χ4v) is 2.04. The van der Waals surface area contributed by atoms with Crippen LogP contribution in [0.4, 0.5) is 5.69 Å². The summed E-state index contributed by atoms with van der Waals surface area (Å²) < 4.78 is 0. The largest absolute Gasteiger partial charge is 0.392 e. The minimum Gasteiger partial charge on any atom is -0.392 e. The van der Waals surface area contributed by atoms with Gasteiger partial charge in [-0.3, -0.25) is 10.1 Å². The van der Waals surface area contributed by atoms with Crippen LogP contribution in [0.15, 0.2) is 18.2 Å². The molecule has 0 amide bonds. The van der Waals surface area contributed by atoms with E-state index in [0.717, 1.165) is 12.0 Å². The van der Waals surface area contributed by atoms with Gasteiger partial charge >= 0.3 is 0 Å². The Labute approximate surface area is 117 Å². The number of hydrogen-bond acceptors (Lipinski definition) is 4. The van der Waals surface area contributed by atoms with Crippen LogP contribution in [0.1, 0.15) is 25.8 Å². The van der Waals surface area contributed by atoms with E-state index in [2.05, 4.69) is 19.2 Å². The molecule has 0 spiro atoms. The number of non-ortho nitro benzene ring substituents is 1. The molecule has 0 saturated heterocycles. The zero-order valence-electron chi connectivity index (χ0n) is 11.1. The van der Waals surface area contributed by atoms with Crippen molar-refractivity contribution in [2.24, 2.45) is 5.92 Å². The lowest BCUT2D eigenvalue weighted by Crippen LogP contribution is -2.27. The third-order valence-electron chi connectivity index (χ3n) is 2.69. The van der Waals surface area contributed by atoms with Crippen molar-refractivity contribution in [3.63, 3.8) is 0 Å². The van der Waals surface area contributed by atoms with Crippen LogP contribution >= 0.6 is 11.6 Å². The van der Waals surface area contributed by atoms with Gasteiger partial charge < -0.3 is 10.4 Å². The Morgan fingerprint density at radius 2 is 2.16 bits per heavy atom. The average molecular weight is 287 g/mol. The molecule has 0 radical (unpaired) electrons. The highest BCUT2D eigenvalue weighted by Gasteiger charge is 2.10. The molecular formula is C13H19ClN2O3. The predicted octanol–water partition coefficient (Wildman–Crippen LogP) is 2.74. The third-order valence-corrected chi connectivity index (χ3v) is 3.04. The maximum Gasteiger partial charge on any atom is 0.270 e. The Balaban J connectivity index is 2.48. The minimum atomic E-state index is -0.477. The van der Waals surface area contributed by atoms with Gasteiger partial charge in [0.1, 0.15) is 0 Å². The number of nitrogens with zero attached hydrogens (tertiary/aromatic N) is 1. The van der Waals surface area contributed by atoms with E-state index in [9.17, 15) is 15.2 Å². The van der Waals surface area contributed by atoms with Gasteiger partial charge in [-0.15, -0.1) is 0 Å². The molecule has 19 heavy (non-hydrogen) atoms. The van der Waals surface area contributed by atoms with Gasteiger partial charge in [-0.1, -0.05) is 25.4 Å². The second-order valence-corrected chi connectivity index (χ2v) is 5.35. The van der Waals surface area contributed by atoms with Crippen LogP contribution in [0.25, 0.3) is 0 Å². The molecule has 0 fully saturated rings. The van der Waals surface area contributed by atoms with Gasteiger partial charge in [0.15, 0.2) is 0 Å². The SMILES string of the molecule is CC(C)CC(O)CNCc1ccc([N+](=O)[O-])cc1Cl. The van der Waals surface area contributed by atoms with Gasteiger partial charge in [-0.2, -0.15) is 0 Å². The smallest absolute Gasteiger partial charge is 0.270 e. The van der Waals surface area contributed by atoms with E-state index in [1.165, 1.54) is 12.1 Å². The zero-order chi connectivity index (χ0) is 14.4. The molecule has 0 bridgehead atoms. The molecule has 1 unspecified atom stereocenters. The van der Waals surface area contributed by atoms with Crippen LogP contribution in [-0.2, 0) is 6.54 Å². The first-order valence-corrected chi connectivity index (χ1v) is 6.59. The summed E-state index contributed by atoms with van der Waals surface area (Å²) in [6, 6.07) is 4.39. The maximum absolute atomic E-state index is 10.6. The van der Waals surface area contributed by atoms with Gasteiger partial charge in [0.05, 0.1) is 16.0 Å². The molecular weight excluding hydrogens is 268 g/mol. The summed E-state index contributed by atoms with van der Waals surface area (Å²) in [7, 11) is 0. The Kier molecular flexibility index (Phi) is 6.21. The number of hydrogen-bond donors (Lipinski definition) is 2. The van der Waals surface area contributed by atoms with Crippen molar-refractivity contribution >= 4 is 17.3 Å². The molecule has 0 aliphatic rings. The Bertz CT molecular complexity index is 438. The Morgan fingerprint density at radius 1 is 1.47 bits per heavy atom. The molecule has 0 heterocycles. The number of benzene rings is 1. The van der Waals surface area contributed by atoms with Crippen molar-refractivity contribution in [2.45, 2.75) is 32.9 Å². The molecule has 6 heteroatoms. The topological polar surface area (TPSA) is 75.4 Å². The summed E-state index contributed by atoms with van der Waals surface area (Å²) >= 11 is 5.97. The van der Waals surface area contributed by atoms with Crippen LogP contribution in [-0.4, -0.2) is 22.7 Å². The highest BCUT2D eigenvalue weighted by molar-refractivity contribution is 6.31. The first-order valence-electron chi connectivity index (χ1n) is 6.21. The Morgan fingerprint density at radius 3 is 2.68 bits per heavy atom. The van der Waals surface area contributed by atoms with Crippen molar-refractivity contribution in [1.82, 2.24) is 5.32 Å². The number of halogens is 1. The molecule has 1 aromatic carbocycles. The van der Waals surface area contributed by atoms with Crippen LogP contribution < -0.4 is 5.32 Å². The van der Waals surface area contributed by atoms with E-state index in [1.54, 1.807) is 6.07 Å². The fourth-order valence-electron chi connectivity index (χ4n) is 1.79. The molecule has 0 aromatic heterocycles. The van der Waals surface area contributed by atoms with E-state index in [0.29, 0.717) is 24.0 Å². The van der Waals surface area contributed by atoms with Crippen molar-refractivity contribution in [2.75, 3.05) is 6.54 Å². The monoisotopic (exact) mass is 286 g/mol. The molecule has 1 aromatic rings. The van der Waals surface area contributed by atoms with Crippen molar-refractivity contribution in [3.05, 3.63) is 38.9 Å². The second-order valence-electron chi connectivity index (χ2n) is 4.95. The van der Waals surface area contributed by atoms with E-state index >= 15 is 0 Å². The quantitative estimate of drug-likeness (QED) is 0.597.